The number of pyridine rings is 1. The fraction of sp³-hybridized carbons (Fsp3) is 0.158. The van der Waals surface area contributed by atoms with E-state index in [4.69, 9.17) is 4.74 Å². The molecule has 2 N–H and O–H groups in total. The third-order valence-corrected chi connectivity index (χ3v) is 4.76. The number of hydrogen-bond donors (Lipinski definition) is 2. The van der Waals surface area contributed by atoms with Gasteiger partial charge in [-0.25, -0.2) is 18.7 Å². The topological polar surface area (TPSA) is 92.8 Å². The summed E-state index contributed by atoms with van der Waals surface area (Å²) < 4.78 is 32.0. The molecule has 0 saturated carbocycles. The summed E-state index contributed by atoms with van der Waals surface area (Å²) in [5.41, 5.74) is 1.05. The van der Waals surface area contributed by atoms with Crippen LogP contribution in [0.3, 0.4) is 0 Å². The predicted molar refractivity (Wildman–Crippen MR) is 106 cm³/mol. The number of ether oxygens (including phenoxy) is 1. The molecule has 0 unspecified atom stereocenters. The van der Waals surface area contributed by atoms with E-state index < -0.39 is 11.6 Å². The first-order valence-corrected chi connectivity index (χ1v) is 9.58. The second kappa shape index (κ2) is 7.92. The van der Waals surface area contributed by atoms with Gasteiger partial charge in [-0.05, 0) is 13.0 Å². The number of halogens is 2. The number of benzene rings is 1. The van der Waals surface area contributed by atoms with Gasteiger partial charge in [0.1, 0.15) is 46.7 Å². The average Bonchev–Trinajstić information content (AvgIpc) is 3.14. The Hall–Kier alpha value is -3.40. The van der Waals surface area contributed by atoms with Gasteiger partial charge in [-0.2, -0.15) is 0 Å². The summed E-state index contributed by atoms with van der Waals surface area (Å²) >= 11 is 1.42. The van der Waals surface area contributed by atoms with E-state index in [-0.39, 0.29) is 23.7 Å². The SMILES string of the molecule is CCNc1nc(-c2nccc3c(=O)[nH]c(COc4cc(F)cc(F)c4)nc23)cs1. The maximum Gasteiger partial charge on any atom is 0.258 e. The molecule has 10 heteroatoms. The average molecular weight is 415 g/mol. The van der Waals surface area contributed by atoms with Gasteiger partial charge >= 0.3 is 0 Å². The largest absolute Gasteiger partial charge is 0.485 e. The molecule has 3 heterocycles. The summed E-state index contributed by atoms with van der Waals surface area (Å²) in [6, 6.07) is 4.41. The number of hydrogen-bond acceptors (Lipinski definition) is 7. The van der Waals surface area contributed by atoms with Crippen molar-refractivity contribution in [3.05, 3.63) is 63.7 Å². The van der Waals surface area contributed by atoms with Crippen LogP contribution in [0.2, 0.25) is 0 Å². The predicted octanol–water partition coefficient (Wildman–Crippen LogP) is 3.73. The number of aromatic nitrogens is 4. The van der Waals surface area contributed by atoms with Crippen molar-refractivity contribution in [2.24, 2.45) is 0 Å². The van der Waals surface area contributed by atoms with E-state index in [0.29, 0.717) is 22.3 Å². The quantitative estimate of drug-likeness (QED) is 0.499. The van der Waals surface area contributed by atoms with E-state index in [1.54, 1.807) is 6.07 Å². The molecule has 0 radical (unpaired) electrons. The summed E-state index contributed by atoms with van der Waals surface area (Å²) in [6.07, 6.45) is 1.52. The van der Waals surface area contributed by atoms with E-state index in [1.807, 2.05) is 12.3 Å². The second-order valence-electron chi connectivity index (χ2n) is 6.03. The zero-order chi connectivity index (χ0) is 20.4. The number of aromatic amines is 1. The monoisotopic (exact) mass is 415 g/mol. The van der Waals surface area contributed by atoms with Crippen LogP contribution in [0, 0.1) is 11.6 Å². The maximum absolute atomic E-state index is 13.3. The smallest absolute Gasteiger partial charge is 0.258 e. The molecule has 4 rings (SSSR count). The molecule has 3 aromatic heterocycles. The normalized spacial score (nSPS) is 11.0. The molecule has 148 valence electrons. The van der Waals surface area contributed by atoms with Crippen molar-refractivity contribution in [1.82, 2.24) is 19.9 Å². The third-order valence-electron chi connectivity index (χ3n) is 3.96. The van der Waals surface area contributed by atoms with Crippen LogP contribution in [-0.4, -0.2) is 26.5 Å². The summed E-state index contributed by atoms with van der Waals surface area (Å²) in [6.45, 7) is 2.52. The highest BCUT2D eigenvalue weighted by Crippen LogP contribution is 2.27. The Bertz CT molecular complexity index is 1220. The Morgan fingerprint density at radius 3 is 2.76 bits per heavy atom. The van der Waals surface area contributed by atoms with Crippen molar-refractivity contribution in [3.63, 3.8) is 0 Å². The van der Waals surface area contributed by atoms with Crippen molar-refractivity contribution in [3.8, 4) is 17.1 Å². The molecule has 0 saturated heterocycles. The van der Waals surface area contributed by atoms with E-state index in [9.17, 15) is 13.6 Å². The molecular formula is C19H15F2N5O2S. The van der Waals surface area contributed by atoms with Crippen molar-refractivity contribution < 1.29 is 13.5 Å². The molecule has 0 aliphatic heterocycles. The van der Waals surface area contributed by atoms with Gasteiger partial charge in [-0.3, -0.25) is 9.78 Å². The van der Waals surface area contributed by atoms with Crippen molar-refractivity contribution in [1.29, 1.82) is 0 Å². The fourth-order valence-electron chi connectivity index (χ4n) is 2.75. The van der Waals surface area contributed by atoms with Crippen LogP contribution in [-0.2, 0) is 6.61 Å². The Labute approximate surface area is 167 Å². The van der Waals surface area contributed by atoms with Crippen LogP contribution in [0.1, 0.15) is 12.7 Å². The van der Waals surface area contributed by atoms with Gasteiger partial charge in [-0.1, -0.05) is 0 Å². The van der Waals surface area contributed by atoms with Crippen LogP contribution in [0.5, 0.6) is 5.75 Å². The van der Waals surface area contributed by atoms with Crippen LogP contribution in [0.15, 0.2) is 40.6 Å². The standard InChI is InChI=1S/C19H15F2N5O2S/c1-2-22-19-24-14(9-29-19)17-16-13(3-4-23-17)18(27)26-15(25-16)8-28-12-6-10(20)5-11(21)7-12/h3-7,9H,2,8H2,1H3,(H,22,24)(H,25,26,27). The molecule has 0 spiro atoms. The first kappa shape index (κ1) is 18.9. The third kappa shape index (κ3) is 4.06. The molecule has 0 aliphatic carbocycles. The fourth-order valence-corrected chi connectivity index (χ4v) is 3.51. The number of nitrogens with zero attached hydrogens (tertiary/aromatic N) is 3. The number of rotatable bonds is 6. The molecular weight excluding hydrogens is 400 g/mol. The number of thiazole rings is 1. The Kier molecular flexibility index (Phi) is 5.17. The zero-order valence-electron chi connectivity index (χ0n) is 15.2. The van der Waals surface area contributed by atoms with Crippen LogP contribution < -0.4 is 15.6 Å². The lowest BCUT2D eigenvalue weighted by molar-refractivity contribution is 0.292. The molecule has 0 bridgehead atoms. The van der Waals surface area contributed by atoms with Gasteiger partial charge in [0.15, 0.2) is 5.13 Å². The Morgan fingerprint density at radius 2 is 2.00 bits per heavy atom. The molecule has 0 fully saturated rings. The Morgan fingerprint density at radius 1 is 1.21 bits per heavy atom. The van der Waals surface area contributed by atoms with Gasteiger partial charge < -0.3 is 15.0 Å². The minimum absolute atomic E-state index is 0.00793. The first-order chi connectivity index (χ1) is 14.0. The van der Waals surface area contributed by atoms with E-state index in [1.165, 1.54) is 17.5 Å². The van der Waals surface area contributed by atoms with Crippen LogP contribution in [0.25, 0.3) is 22.3 Å². The van der Waals surface area contributed by atoms with Crippen LogP contribution in [0.4, 0.5) is 13.9 Å². The first-order valence-electron chi connectivity index (χ1n) is 8.70. The number of fused-ring (bicyclic) bond motifs is 1. The summed E-state index contributed by atoms with van der Waals surface area (Å²) in [7, 11) is 0. The summed E-state index contributed by atoms with van der Waals surface area (Å²) in [5.74, 6) is -1.33. The van der Waals surface area contributed by atoms with E-state index in [2.05, 4.69) is 25.3 Å². The highest BCUT2D eigenvalue weighted by molar-refractivity contribution is 7.14. The molecule has 1 aromatic carbocycles. The minimum atomic E-state index is -0.758. The number of H-pyrrole nitrogens is 1. The van der Waals surface area contributed by atoms with E-state index in [0.717, 1.165) is 29.9 Å². The zero-order valence-corrected chi connectivity index (χ0v) is 16.0. The molecule has 7 nitrogen and oxygen atoms in total. The number of anilines is 1. The lowest BCUT2D eigenvalue weighted by Gasteiger charge is -2.08. The Balaban J connectivity index is 1.70. The van der Waals surface area contributed by atoms with Crippen molar-refractivity contribution in [2.75, 3.05) is 11.9 Å². The highest BCUT2D eigenvalue weighted by Gasteiger charge is 2.14. The maximum atomic E-state index is 13.3. The molecule has 0 amide bonds. The van der Waals surface area contributed by atoms with Crippen LogP contribution >= 0.6 is 11.3 Å². The van der Waals surface area contributed by atoms with Gasteiger partial charge in [0.25, 0.3) is 5.56 Å². The van der Waals surface area contributed by atoms with Gasteiger partial charge in [0.05, 0.1) is 5.39 Å². The van der Waals surface area contributed by atoms with Gasteiger partial charge in [0, 0.05) is 36.3 Å². The molecule has 29 heavy (non-hydrogen) atoms. The lowest BCUT2D eigenvalue weighted by Crippen LogP contribution is -2.14. The highest BCUT2D eigenvalue weighted by atomic mass is 32.1. The molecule has 0 atom stereocenters. The summed E-state index contributed by atoms with van der Waals surface area (Å²) in [5, 5.41) is 6.05. The minimum Gasteiger partial charge on any atom is -0.485 e. The van der Waals surface area contributed by atoms with Crippen molar-refractivity contribution in [2.45, 2.75) is 13.5 Å². The summed E-state index contributed by atoms with van der Waals surface area (Å²) in [4.78, 5) is 28.3. The molecule has 0 aliphatic rings. The van der Waals surface area contributed by atoms with E-state index >= 15 is 0 Å². The lowest BCUT2D eigenvalue weighted by atomic mass is 10.2. The number of nitrogens with one attached hydrogen (secondary N) is 2. The van der Waals surface area contributed by atoms with Crippen molar-refractivity contribution >= 4 is 27.4 Å². The van der Waals surface area contributed by atoms with Gasteiger partial charge in [0.2, 0.25) is 0 Å². The van der Waals surface area contributed by atoms with Gasteiger partial charge in [-0.15, -0.1) is 11.3 Å². The second-order valence-corrected chi connectivity index (χ2v) is 6.89. The molecule has 4 aromatic rings.